The van der Waals surface area contributed by atoms with Crippen LogP contribution in [0.2, 0.25) is 20.1 Å². The topological polar surface area (TPSA) is 470 Å². The summed E-state index contributed by atoms with van der Waals surface area (Å²) >= 11 is 37.5. The number of carbonyl (C=O) groups is 8. The van der Waals surface area contributed by atoms with Crippen molar-refractivity contribution in [2.45, 2.75) is 73.5 Å². The van der Waals surface area contributed by atoms with Gasteiger partial charge >= 0.3 is 23.9 Å². The number of carbonyl (C=O) groups excluding carboxylic acids is 8. The van der Waals surface area contributed by atoms with Gasteiger partial charge in [-0.15, -0.1) is 25.6 Å². The Hall–Kier alpha value is -13.9. The number of halogens is 8. The van der Waals surface area contributed by atoms with Gasteiger partial charge in [-0.2, -0.15) is 15.3 Å². The Morgan fingerprint density at radius 2 is 0.640 bits per heavy atom. The molecule has 11 aromatic carbocycles. The lowest BCUT2D eigenvalue weighted by Crippen LogP contribution is -2.30. The molecular formula is C94H85Br4Cl4N17O20. The minimum absolute atomic E-state index is 0.0141. The van der Waals surface area contributed by atoms with Gasteiger partial charge in [-0.05, 0) is 199 Å². The fourth-order valence-corrected chi connectivity index (χ4v) is 15.7. The summed E-state index contributed by atoms with van der Waals surface area (Å²) in [7, 11) is 1.31. The van der Waals surface area contributed by atoms with Crippen LogP contribution in [-0.4, -0.2) is 126 Å². The second kappa shape index (κ2) is 56.1. The largest absolute Gasteiger partial charge is 0.468 e. The van der Waals surface area contributed by atoms with E-state index >= 15 is 0 Å². The molecule has 0 aliphatic carbocycles. The number of benzene rings is 11. The molecule has 0 aliphatic rings. The monoisotopic (exact) mass is 2230 g/mol. The third kappa shape index (κ3) is 37.1. The van der Waals surface area contributed by atoms with Crippen LogP contribution in [0.5, 0.6) is 0 Å². The predicted octanol–water partition coefficient (Wildman–Crippen LogP) is 26.2. The van der Waals surface area contributed by atoms with Crippen LogP contribution in [0.25, 0.3) is 0 Å². The fraction of sp³-hybridized carbons (Fsp3) is 0.213. The van der Waals surface area contributed by atoms with Crippen molar-refractivity contribution in [3.8, 4) is 0 Å². The van der Waals surface area contributed by atoms with E-state index in [1.807, 2.05) is 149 Å². The average Bonchev–Trinajstić information content (AvgIpc) is 0.832. The first-order valence-corrected chi connectivity index (χ1v) is 46.1. The van der Waals surface area contributed by atoms with Crippen molar-refractivity contribution in [1.29, 1.82) is 0 Å². The Balaban J connectivity index is 0.000000228. The maximum absolute atomic E-state index is 12.0. The lowest BCUT2D eigenvalue weighted by molar-refractivity contribution is -0.385. The molecule has 0 fully saturated rings. The van der Waals surface area contributed by atoms with Crippen LogP contribution in [0.4, 0.5) is 96.7 Å². The van der Waals surface area contributed by atoms with E-state index < -0.39 is 43.6 Å². The third-order valence-corrected chi connectivity index (χ3v) is 22.4. The molecule has 0 aromatic heterocycles. The predicted molar refractivity (Wildman–Crippen MR) is 541 cm³/mol. The number of esters is 4. The summed E-state index contributed by atoms with van der Waals surface area (Å²) in [6, 6.07) is 66.1. The van der Waals surface area contributed by atoms with Gasteiger partial charge in [0.1, 0.15) is 54.8 Å². The summed E-state index contributed by atoms with van der Waals surface area (Å²) < 4.78 is 21.2. The number of nitro groups is 4. The molecule has 0 heterocycles. The number of rotatable bonds is 41. The zero-order valence-corrected chi connectivity index (χ0v) is 84.1. The van der Waals surface area contributed by atoms with Crippen LogP contribution in [0.15, 0.2) is 289 Å². The highest BCUT2D eigenvalue weighted by Gasteiger charge is 2.23. The van der Waals surface area contributed by atoms with Crippen LogP contribution in [0.1, 0.15) is 70.6 Å². The van der Waals surface area contributed by atoms with Gasteiger partial charge in [0, 0.05) is 124 Å². The van der Waals surface area contributed by atoms with Gasteiger partial charge in [0.05, 0.1) is 107 Å². The number of hydrogen-bond donors (Lipinski definition) is 1. The van der Waals surface area contributed by atoms with Gasteiger partial charge in [-0.25, -0.2) is 0 Å². The standard InChI is InChI=1S/C25H22Br2N4O5.C25H22BrClN4O5.C25H22Cl2N4O5.C19H19BrClN5O5/c3*1-17(32)16-36-24(33)11-12-30(15-18-5-3-2-4-6-18)20-9-7-19(8-10-20)28-29-25-22(26)13-21(31(34)35)14-23(25)27;1-4-25(10-18(28)31-3)12-5-6-16(17(9-12)22-11(2)27)23-24-19-14(20)7-13(26(29)30)8-15(19)21/h3*2-10,13-14H,11-12,15-16H2,1H3;5-9H,4,10H2,1-3H3,(H,22,27). The van der Waals surface area contributed by atoms with Gasteiger partial charge in [-0.3, -0.25) is 78.8 Å². The Morgan fingerprint density at radius 1 is 0.353 bits per heavy atom. The number of nitro benzene ring substituents is 4. The number of nitrogens with zero attached hydrogens (tertiary/aromatic N) is 16. The fourth-order valence-electron chi connectivity index (χ4n) is 12.1. The first-order valence-electron chi connectivity index (χ1n) is 41.4. The molecule has 0 saturated heterocycles. The van der Waals surface area contributed by atoms with E-state index in [1.165, 1.54) is 71.2 Å². The molecule has 1 amide bonds. The third-order valence-electron chi connectivity index (χ3n) is 18.8. The molecule has 11 aromatic rings. The Morgan fingerprint density at radius 3 is 0.942 bits per heavy atom. The van der Waals surface area contributed by atoms with Crippen molar-refractivity contribution in [2.75, 3.05) is 84.6 Å². The van der Waals surface area contributed by atoms with Crippen molar-refractivity contribution in [3.63, 3.8) is 0 Å². The minimum Gasteiger partial charge on any atom is -0.468 e. The molecule has 0 saturated carbocycles. The minimum atomic E-state index is -0.596. The molecule has 1 N–H and O–H groups in total. The summed E-state index contributed by atoms with van der Waals surface area (Å²) in [6.45, 7) is 10.0. The molecule has 722 valence electrons. The Kier molecular flexibility index (Phi) is 44.5. The van der Waals surface area contributed by atoms with Gasteiger partial charge in [0.25, 0.3) is 22.7 Å². The number of Topliss-reactive ketones (excluding diaryl/α,β-unsaturated/α-hetero) is 3. The van der Waals surface area contributed by atoms with Crippen molar-refractivity contribution < 1.29 is 77.0 Å². The maximum Gasteiger partial charge on any atom is 0.325 e. The van der Waals surface area contributed by atoms with E-state index in [-0.39, 0.29) is 129 Å². The number of anilines is 5. The number of non-ortho nitro benzene ring substituents is 4. The average molecular weight is 2230 g/mol. The van der Waals surface area contributed by atoms with Crippen LogP contribution in [0.3, 0.4) is 0 Å². The molecule has 0 unspecified atom stereocenters. The highest BCUT2D eigenvalue weighted by Crippen LogP contribution is 2.44. The number of ketones is 3. The smallest absolute Gasteiger partial charge is 0.325 e. The van der Waals surface area contributed by atoms with Crippen molar-refractivity contribution in [1.82, 2.24) is 0 Å². The molecule has 37 nitrogen and oxygen atoms in total. The number of methoxy groups -OCH3 is 1. The van der Waals surface area contributed by atoms with Crippen molar-refractivity contribution >= 4 is 254 Å². The SMILES string of the molecule is CC(=O)COC(=O)CCN(Cc1ccccc1)c1ccc(N=Nc2c(Br)cc([N+](=O)[O-])cc2Br)cc1.CC(=O)COC(=O)CCN(Cc1ccccc1)c1ccc(N=Nc2c(Cl)cc([N+](=O)[O-])cc2Br)cc1.CC(=O)COC(=O)CCN(Cc1ccccc1)c1ccc(N=Nc2c(Cl)cc([N+](=O)[O-])cc2Cl)cc1.CCN(CC(=O)OC)c1ccc(N=Nc2c(Cl)cc([N+](=O)[O-])cc2Br)c(NC(C)=O)c1. The molecule has 139 heavy (non-hydrogen) atoms. The number of amides is 1. The van der Waals surface area contributed by atoms with Crippen molar-refractivity contribution in [3.05, 3.63) is 326 Å². The van der Waals surface area contributed by atoms with E-state index in [1.54, 1.807) is 59.5 Å². The maximum atomic E-state index is 12.0. The number of hydrogen-bond acceptors (Lipinski definition) is 32. The summed E-state index contributed by atoms with van der Waals surface area (Å²) in [5.74, 6) is -2.69. The summed E-state index contributed by atoms with van der Waals surface area (Å²) in [4.78, 5) is 142. The van der Waals surface area contributed by atoms with Gasteiger partial charge in [0.15, 0.2) is 17.3 Å². The Bertz CT molecular complexity index is 5810. The summed E-state index contributed by atoms with van der Waals surface area (Å²) in [6.07, 6.45) is 0.358. The lowest BCUT2D eigenvalue weighted by Gasteiger charge is -2.25. The van der Waals surface area contributed by atoms with Crippen LogP contribution < -0.4 is 24.9 Å². The highest BCUT2D eigenvalue weighted by atomic mass is 79.9. The van der Waals surface area contributed by atoms with E-state index in [0.717, 1.165) is 45.9 Å². The van der Waals surface area contributed by atoms with Crippen molar-refractivity contribution in [2.24, 2.45) is 40.9 Å². The Labute approximate surface area is 849 Å². The molecular weight excluding hydrogens is 2150 g/mol. The number of ether oxygens (including phenoxy) is 4. The normalized spacial score (nSPS) is 10.8. The lowest BCUT2D eigenvalue weighted by atomic mass is 10.2. The zero-order chi connectivity index (χ0) is 101. The van der Waals surface area contributed by atoms with Crippen LogP contribution in [0, 0.1) is 40.5 Å². The number of nitrogens with one attached hydrogen (secondary N) is 1. The van der Waals surface area contributed by atoms with E-state index in [9.17, 15) is 78.8 Å². The van der Waals surface area contributed by atoms with E-state index in [2.05, 4.69) is 110 Å². The van der Waals surface area contributed by atoms with E-state index in [0.29, 0.717) is 104 Å². The van der Waals surface area contributed by atoms with Gasteiger partial charge < -0.3 is 43.9 Å². The molecule has 11 rings (SSSR count). The van der Waals surface area contributed by atoms with E-state index in [4.69, 9.17) is 65.4 Å². The quantitative estimate of drug-likeness (QED) is 0.0122. The summed E-state index contributed by atoms with van der Waals surface area (Å²) in [5.41, 5.74) is 9.14. The molecule has 0 atom stereocenters. The van der Waals surface area contributed by atoms with Gasteiger partial charge in [0.2, 0.25) is 5.91 Å². The molecule has 0 bridgehead atoms. The van der Waals surface area contributed by atoms with Crippen LogP contribution >= 0.6 is 110 Å². The highest BCUT2D eigenvalue weighted by molar-refractivity contribution is 9.11. The van der Waals surface area contributed by atoms with Crippen LogP contribution in [-0.2, 0) is 76.9 Å². The molecule has 0 radical (unpaired) electrons. The first-order chi connectivity index (χ1) is 66.3. The molecule has 0 spiro atoms. The number of azo groups is 4. The second-order valence-electron chi connectivity index (χ2n) is 29.4. The molecule has 45 heteroatoms. The second-order valence-corrected chi connectivity index (χ2v) is 34.5. The zero-order valence-electron chi connectivity index (χ0n) is 74.7. The van der Waals surface area contributed by atoms with Gasteiger partial charge in [-0.1, -0.05) is 137 Å². The molecule has 0 aliphatic heterocycles. The first kappa shape index (κ1) is 110. The number of likely N-dealkylation sites (N-methyl/N-ethyl adjacent to an activating group) is 1. The summed E-state index contributed by atoms with van der Waals surface area (Å²) in [5, 5.41) is 79.9.